The Morgan fingerprint density at radius 1 is 1.30 bits per heavy atom. The van der Waals surface area contributed by atoms with E-state index in [2.05, 4.69) is 0 Å². The molecule has 1 heterocycles. The second-order valence-corrected chi connectivity index (χ2v) is 6.28. The van der Waals surface area contributed by atoms with Crippen LogP contribution in [0.3, 0.4) is 0 Å². The van der Waals surface area contributed by atoms with Gasteiger partial charge in [-0.05, 0) is 19.1 Å². The molecule has 0 aliphatic carbocycles. The number of aryl methyl sites for hydroxylation is 1. The highest BCUT2D eigenvalue weighted by atomic mass is 32.2. The highest BCUT2D eigenvalue weighted by molar-refractivity contribution is 7.86. The van der Waals surface area contributed by atoms with Crippen molar-refractivity contribution in [1.82, 2.24) is 0 Å². The molecule has 1 aromatic rings. The average Bonchev–Trinajstić information content (AvgIpc) is 2.41. The molecule has 0 saturated carbocycles. The molecule has 1 aliphatic rings. The monoisotopic (exact) mass is 302 g/mol. The second kappa shape index (κ2) is 6.19. The zero-order chi connectivity index (χ0) is 14.8. The van der Waals surface area contributed by atoms with E-state index < -0.39 is 28.6 Å². The summed E-state index contributed by atoms with van der Waals surface area (Å²) in [7, 11) is -2.45. The molecule has 1 aliphatic heterocycles. The minimum absolute atomic E-state index is 0.0369. The summed E-state index contributed by atoms with van der Waals surface area (Å²) in [6, 6.07) is 6.31. The van der Waals surface area contributed by atoms with Crippen LogP contribution >= 0.6 is 0 Å². The fourth-order valence-corrected chi connectivity index (χ4v) is 3.00. The fourth-order valence-electron chi connectivity index (χ4n) is 1.91. The second-order valence-electron chi connectivity index (χ2n) is 4.70. The zero-order valence-electron chi connectivity index (χ0n) is 11.4. The molecule has 2 rings (SSSR count). The van der Waals surface area contributed by atoms with E-state index in [1.165, 1.54) is 19.2 Å². The van der Waals surface area contributed by atoms with E-state index in [1.807, 2.05) is 6.92 Å². The van der Waals surface area contributed by atoms with Crippen molar-refractivity contribution in [3.8, 4) is 0 Å². The van der Waals surface area contributed by atoms with Crippen LogP contribution in [-0.2, 0) is 23.8 Å². The van der Waals surface area contributed by atoms with Gasteiger partial charge in [-0.25, -0.2) is 0 Å². The Kier molecular flexibility index (Phi) is 4.77. The van der Waals surface area contributed by atoms with Crippen LogP contribution in [0.5, 0.6) is 0 Å². The number of benzene rings is 1. The Morgan fingerprint density at radius 2 is 1.95 bits per heavy atom. The third-order valence-electron chi connectivity index (χ3n) is 3.13. The van der Waals surface area contributed by atoms with E-state index in [9.17, 15) is 13.5 Å². The molecule has 0 aromatic heterocycles. The van der Waals surface area contributed by atoms with Gasteiger partial charge in [0.25, 0.3) is 10.1 Å². The minimum Gasteiger partial charge on any atom is -0.390 e. The quantitative estimate of drug-likeness (QED) is 0.829. The first-order valence-corrected chi connectivity index (χ1v) is 7.65. The third-order valence-corrected chi connectivity index (χ3v) is 4.48. The van der Waals surface area contributed by atoms with Crippen LogP contribution in [0.2, 0.25) is 0 Å². The van der Waals surface area contributed by atoms with E-state index in [-0.39, 0.29) is 17.9 Å². The van der Waals surface area contributed by atoms with Crippen molar-refractivity contribution in [2.75, 3.05) is 13.7 Å². The number of hydrogen-bond acceptors (Lipinski definition) is 6. The first kappa shape index (κ1) is 15.4. The van der Waals surface area contributed by atoms with Crippen LogP contribution in [0, 0.1) is 6.92 Å². The molecule has 20 heavy (non-hydrogen) atoms. The maximum atomic E-state index is 12.1. The van der Waals surface area contributed by atoms with Crippen molar-refractivity contribution >= 4 is 10.1 Å². The Bertz CT molecular complexity index is 538. The molecule has 0 amide bonds. The van der Waals surface area contributed by atoms with Gasteiger partial charge in [0.15, 0.2) is 6.29 Å². The van der Waals surface area contributed by atoms with Crippen LogP contribution in [0.15, 0.2) is 29.2 Å². The van der Waals surface area contributed by atoms with Crippen LogP contribution in [0.1, 0.15) is 12.0 Å². The highest BCUT2D eigenvalue weighted by Crippen LogP contribution is 2.22. The lowest BCUT2D eigenvalue weighted by Crippen LogP contribution is -2.44. The fraction of sp³-hybridized carbons (Fsp3) is 0.538. The van der Waals surface area contributed by atoms with Gasteiger partial charge in [-0.1, -0.05) is 17.7 Å². The van der Waals surface area contributed by atoms with Gasteiger partial charge in [0.1, 0.15) is 6.10 Å². The SMILES string of the molecule is CO[C@H]1C[C@H](O)[C@H](OS(=O)(=O)c2ccc(C)cc2)CO1. The number of rotatable bonds is 4. The molecule has 1 fully saturated rings. The number of aliphatic hydroxyl groups is 1. The predicted octanol–water partition coefficient (Wildman–Crippen LogP) is 0.823. The maximum Gasteiger partial charge on any atom is 0.297 e. The molecule has 1 N–H and O–H groups in total. The van der Waals surface area contributed by atoms with Gasteiger partial charge in [-0.2, -0.15) is 8.42 Å². The van der Waals surface area contributed by atoms with Crippen molar-refractivity contribution < 1.29 is 27.2 Å². The summed E-state index contributed by atoms with van der Waals surface area (Å²) in [5.41, 5.74) is 0.952. The van der Waals surface area contributed by atoms with E-state index in [0.29, 0.717) is 0 Å². The number of methoxy groups -OCH3 is 1. The van der Waals surface area contributed by atoms with Crippen molar-refractivity contribution in [2.45, 2.75) is 36.7 Å². The van der Waals surface area contributed by atoms with Crippen LogP contribution in [0.25, 0.3) is 0 Å². The van der Waals surface area contributed by atoms with E-state index in [0.717, 1.165) is 5.56 Å². The predicted molar refractivity (Wildman–Crippen MR) is 70.6 cm³/mol. The minimum atomic E-state index is -3.91. The smallest absolute Gasteiger partial charge is 0.297 e. The molecule has 3 atom stereocenters. The molecule has 0 bridgehead atoms. The summed E-state index contributed by atoms with van der Waals surface area (Å²) in [4.78, 5) is 0.0594. The topological polar surface area (TPSA) is 82.1 Å². The first-order chi connectivity index (χ1) is 9.42. The molecule has 7 heteroatoms. The molecule has 0 spiro atoms. The molecule has 112 valence electrons. The Balaban J connectivity index is 2.07. The molecular formula is C13H18O6S. The first-order valence-electron chi connectivity index (χ1n) is 6.25. The van der Waals surface area contributed by atoms with Crippen molar-refractivity contribution in [3.05, 3.63) is 29.8 Å². The maximum absolute atomic E-state index is 12.1. The van der Waals surface area contributed by atoms with E-state index in [4.69, 9.17) is 13.7 Å². The zero-order valence-corrected chi connectivity index (χ0v) is 12.2. The Morgan fingerprint density at radius 3 is 2.50 bits per heavy atom. The summed E-state index contributed by atoms with van der Waals surface area (Å²) < 4.78 is 39.4. The van der Waals surface area contributed by atoms with Crippen LogP contribution < -0.4 is 0 Å². The molecule has 1 aromatic carbocycles. The molecule has 0 radical (unpaired) electrons. The average molecular weight is 302 g/mol. The lowest BCUT2D eigenvalue weighted by Gasteiger charge is -2.31. The van der Waals surface area contributed by atoms with Gasteiger partial charge in [0.05, 0.1) is 17.6 Å². The van der Waals surface area contributed by atoms with E-state index in [1.54, 1.807) is 12.1 Å². The van der Waals surface area contributed by atoms with Crippen LogP contribution in [0.4, 0.5) is 0 Å². The number of hydrogen-bond donors (Lipinski definition) is 1. The standard InChI is InChI=1S/C13H18O6S/c1-9-3-5-10(6-4-9)20(15,16)19-12-8-18-13(17-2)7-11(12)14/h3-6,11-14H,7-8H2,1-2H3/t11-,12+,13+/m0/s1. The largest absolute Gasteiger partial charge is 0.390 e. The Hall–Kier alpha value is -0.990. The lowest BCUT2D eigenvalue weighted by molar-refractivity contribution is -0.200. The van der Waals surface area contributed by atoms with Crippen molar-refractivity contribution in [2.24, 2.45) is 0 Å². The normalized spacial score (nSPS) is 27.4. The summed E-state index contributed by atoms with van der Waals surface area (Å²) in [6.07, 6.45) is -2.24. The molecule has 0 unspecified atom stereocenters. The summed E-state index contributed by atoms with van der Waals surface area (Å²) in [5.74, 6) is 0. The van der Waals surface area contributed by atoms with Gasteiger partial charge in [0.2, 0.25) is 0 Å². The van der Waals surface area contributed by atoms with Gasteiger partial charge < -0.3 is 14.6 Å². The summed E-state index contributed by atoms with van der Waals surface area (Å²) in [5, 5.41) is 9.88. The van der Waals surface area contributed by atoms with Gasteiger partial charge in [-0.15, -0.1) is 0 Å². The van der Waals surface area contributed by atoms with Crippen LogP contribution in [-0.4, -0.2) is 45.7 Å². The lowest BCUT2D eigenvalue weighted by atomic mass is 10.1. The van der Waals surface area contributed by atoms with Crippen molar-refractivity contribution in [1.29, 1.82) is 0 Å². The van der Waals surface area contributed by atoms with Gasteiger partial charge in [-0.3, -0.25) is 4.18 Å². The number of ether oxygens (including phenoxy) is 2. The summed E-state index contributed by atoms with van der Waals surface area (Å²) >= 11 is 0. The third kappa shape index (κ3) is 3.56. The molecule has 6 nitrogen and oxygen atoms in total. The van der Waals surface area contributed by atoms with Gasteiger partial charge in [0, 0.05) is 13.5 Å². The number of aliphatic hydroxyl groups excluding tert-OH is 1. The van der Waals surface area contributed by atoms with E-state index >= 15 is 0 Å². The van der Waals surface area contributed by atoms with Gasteiger partial charge >= 0.3 is 0 Å². The molecular weight excluding hydrogens is 284 g/mol. The summed E-state index contributed by atoms with van der Waals surface area (Å²) in [6.45, 7) is 1.83. The highest BCUT2D eigenvalue weighted by Gasteiger charge is 2.34. The Labute approximate surface area is 118 Å². The molecule has 1 saturated heterocycles. The van der Waals surface area contributed by atoms with Crippen molar-refractivity contribution in [3.63, 3.8) is 0 Å².